The van der Waals surface area contributed by atoms with Gasteiger partial charge < -0.3 is 10.1 Å². The molecule has 0 bridgehead atoms. The van der Waals surface area contributed by atoms with E-state index in [0.29, 0.717) is 25.3 Å². The summed E-state index contributed by atoms with van der Waals surface area (Å²) in [4.78, 5) is 11.4. The van der Waals surface area contributed by atoms with Crippen LogP contribution in [0.3, 0.4) is 0 Å². The largest absolute Gasteiger partial charge is 0.457 e. The fourth-order valence-corrected chi connectivity index (χ4v) is 2.72. The summed E-state index contributed by atoms with van der Waals surface area (Å²) in [6.45, 7) is 3.35. The zero-order chi connectivity index (χ0) is 12.0. The molecule has 0 radical (unpaired) electrons. The summed E-state index contributed by atoms with van der Waals surface area (Å²) in [6.07, 6.45) is -0.843. The average molecular weight is 235 g/mol. The topological polar surface area (TPSA) is 38.3 Å². The van der Waals surface area contributed by atoms with E-state index in [4.69, 9.17) is 4.74 Å². The van der Waals surface area contributed by atoms with Crippen LogP contribution in [0.4, 0.5) is 4.39 Å². The van der Waals surface area contributed by atoms with Crippen molar-refractivity contribution >= 4 is 5.97 Å². The van der Waals surface area contributed by atoms with Crippen molar-refractivity contribution < 1.29 is 13.9 Å². The molecule has 2 aliphatic heterocycles. The van der Waals surface area contributed by atoms with E-state index in [9.17, 15) is 9.18 Å². The summed E-state index contributed by atoms with van der Waals surface area (Å²) in [5.74, 6) is -0.369. The highest BCUT2D eigenvalue weighted by Gasteiger charge is 2.32. The van der Waals surface area contributed by atoms with E-state index in [0.717, 1.165) is 16.7 Å². The third-order valence-electron chi connectivity index (χ3n) is 3.75. The highest BCUT2D eigenvalue weighted by molar-refractivity contribution is 5.94. The third kappa shape index (κ3) is 1.55. The van der Waals surface area contributed by atoms with Crippen LogP contribution in [0.15, 0.2) is 12.1 Å². The number of halogens is 1. The Kier molecular flexibility index (Phi) is 2.40. The number of esters is 1. The van der Waals surface area contributed by atoms with Crippen LogP contribution in [-0.2, 0) is 11.3 Å². The Morgan fingerprint density at radius 3 is 2.94 bits per heavy atom. The SMILES string of the molecule is Cc1c(C2CNCC2F)ccc2c1COC2=O. The second-order valence-corrected chi connectivity index (χ2v) is 4.66. The van der Waals surface area contributed by atoms with Crippen LogP contribution in [0.25, 0.3) is 0 Å². The lowest BCUT2D eigenvalue weighted by molar-refractivity contribution is 0.0535. The molecule has 0 spiro atoms. The van der Waals surface area contributed by atoms with Crippen molar-refractivity contribution in [1.82, 2.24) is 5.32 Å². The van der Waals surface area contributed by atoms with Gasteiger partial charge in [-0.3, -0.25) is 0 Å². The predicted molar refractivity (Wildman–Crippen MR) is 60.8 cm³/mol. The highest BCUT2D eigenvalue weighted by Crippen LogP contribution is 2.33. The Labute approximate surface area is 99.0 Å². The molecule has 2 aliphatic rings. The molecule has 1 N–H and O–H groups in total. The van der Waals surface area contributed by atoms with Gasteiger partial charge in [-0.15, -0.1) is 0 Å². The molecule has 1 saturated heterocycles. The second kappa shape index (κ2) is 3.81. The number of hydrogen-bond acceptors (Lipinski definition) is 3. The van der Waals surface area contributed by atoms with Crippen molar-refractivity contribution in [2.24, 2.45) is 0 Å². The van der Waals surface area contributed by atoms with Crippen LogP contribution in [0, 0.1) is 6.92 Å². The maximum atomic E-state index is 13.7. The Balaban J connectivity index is 2.05. The zero-order valence-electron chi connectivity index (χ0n) is 9.63. The quantitative estimate of drug-likeness (QED) is 0.753. The molecule has 0 aliphatic carbocycles. The minimum atomic E-state index is -0.843. The number of ether oxygens (including phenoxy) is 1. The lowest BCUT2D eigenvalue weighted by Crippen LogP contribution is -2.13. The molecule has 0 aromatic heterocycles. The first-order valence-electron chi connectivity index (χ1n) is 5.82. The number of carbonyl (C=O) groups excluding carboxylic acids is 1. The molecule has 0 amide bonds. The van der Waals surface area contributed by atoms with Crippen molar-refractivity contribution in [2.75, 3.05) is 13.1 Å². The van der Waals surface area contributed by atoms with Crippen molar-refractivity contribution in [3.8, 4) is 0 Å². The zero-order valence-corrected chi connectivity index (χ0v) is 9.63. The van der Waals surface area contributed by atoms with Gasteiger partial charge in [-0.2, -0.15) is 0 Å². The number of carbonyl (C=O) groups is 1. The van der Waals surface area contributed by atoms with Crippen molar-refractivity contribution in [3.63, 3.8) is 0 Å². The molecule has 4 heteroatoms. The fourth-order valence-electron chi connectivity index (χ4n) is 2.72. The van der Waals surface area contributed by atoms with E-state index in [1.165, 1.54) is 0 Å². The lowest BCUT2D eigenvalue weighted by atomic mass is 9.89. The summed E-state index contributed by atoms with van der Waals surface area (Å²) < 4.78 is 18.7. The minimum Gasteiger partial charge on any atom is -0.457 e. The van der Waals surface area contributed by atoms with Gasteiger partial charge in [0.2, 0.25) is 0 Å². The number of cyclic esters (lactones) is 1. The van der Waals surface area contributed by atoms with Gasteiger partial charge in [0.15, 0.2) is 0 Å². The van der Waals surface area contributed by atoms with Gasteiger partial charge in [0, 0.05) is 24.6 Å². The van der Waals surface area contributed by atoms with Gasteiger partial charge in [-0.05, 0) is 24.1 Å². The van der Waals surface area contributed by atoms with Gasteiger partial charge in [-0.25, -0.2) is 9.18 Å². The third-order valence-corrected chi connectivity index (χ3v) is 3.75. The normalized spacial score (nSPS) is 27.1. The first-order chi connectivity index (χ1) is 8.18. The van der Waals surface area contributed by atoms with E-state index >= 15 is 0 Å². The Bertz CT molecular complexity index is 487. The smallest absolute Gasteiger partial charge is 0.338 e. The summed E-state index contributed by atoms with van der Waals surface area (Å²) >= 11 is 0. The molecule has 1 aromatic rings. The molecule has 0 saturated carbocycles. The van der Waals surface area contributed by atoms with Crippen molar-refractivity contribution in [2.45, 2.75) is 25.6 Å². The highest BCUT2D eigenvalue weighted by atomic mass is 19.1. The monoisotopic (exact) mass is 235 g/mol. The Morgan fingerprint density at radius 1 is 1.41 bits per heavy atom. The van der Waals surface area contributed by atoms with Crippen LogP contribution in [0.1, 0.15) is 33.0 Å². The van der Waals surface area contributed by atoms with Crippen LogP contribution in [-0.4, -0.2) is 25.2 Å². The average Bonchev–Trinajstić information content (AvgIpc) is 2.88. The molecule has 2 atom stereocenters. The van der Waals surface area contributed by atoms with Gasteiger partial charge in [0.25, 0.3) is 0 Å². The summed E-state index contributed by atoms with van der Waals surface area (Å²) in [5, 5.41) is 3.05. The van der Waals surface area contributed by atoms with E-state index < -0.39 is 6.17 Å². The number of nitrogens with one attached hydrogen (secondary N) is 1. The second-order valence-electron chi connectivity index (χ2n) is 4.66. The maximum absolute atomic E-state index is 13.7. The number of hydrogen-bond donors (Lipinski definition) is 1. The molecule has 3 rings (SSSR count). The van der Waals surface area contributed by atoms with Crippen molar-refractivity contribution in [3.05, 3.63) is 34.4 Å². The van der Waals surface area contributed by atoms with E-state index in [1.807, 2.05) is 13.0 Å². The molecular formula is C13H14FNO2. The first-order valence-corrected chi connectivity index (χ1v) is 5.82. The van der Waals surface area contributed by atoms with E-state index in [2.05, 4.69) is 5.32 Å². The summed E-state index contributed by atoms with van der Waals surface area (Å²) in [5.41, 5.74) is 3.56. The Morgan fingerprint density at radius 2 is 2.24 bits per heavy atom. The summed E-state index contributed by atoms with van der Waals surface area (Å²) in [7, 11) is 0. The van der Waals surface area contributed by atoms with E-state index in [1.54, 1.807) is 6.07 Å². The van der Waals surface area contributed by atoms with Gasteiger partial charge in [0.05, 0.1) is 5.56 Å². The van der Waals surface area contributed by atoms with Crippen LogP contribution < -0.4 is 5.32 Å². The molecule has 1 aromatic carbocycles. The molecule has 2 unspecified atom stereocenters. The minimum absolute atomic E-state index is 0.101. The number of benzene rings is 1. The number of rotatable bonds is 1. The summed E-state index contributed by atoms with van der Waals surface area (Å²) in [6, 6.07) is 3.63. The van der Waals surface area contributed by atoms with Gasteiger partial charge >= 0.3 is 5.97 Å². The Hall–Kier alpha value is -1.42. The molecule has 1 fully saturated rings. The van der Waals surface area contributed by atoms with Crippen LogP contribution in [0.5, 0.6) is 0 Å². The molecule has 3 nitrogen and oxygen atoms in total. The fraction of sp³-hybridized carbons (Fsp3) is 0.462. The maximum Gasteiger partial charge on any atom is 0.338 e. The van der Waals surface area contributed by atoms with Crippen LogP contribution >= 0.6 is 0 Å². The molecule has 2 heterocycles. The number of alkyl halides is 1. The lowest BCUT2D eigenvalue weighted by Gasteiger charge is -2.16. The molecule has 17 heavy (non-hydrogen) atoms. The number of fused-ring (bicyclic) bond motifs is 1. The standard InChI is InChI=1S/C13H14FNO2/c1-7-8(10-4-15-5-12(10)14)2-3-9-11(7)6-17-13(9)16/h2-3,10,12,15H,4-6H2,1H3. The van der Waals surface area contributed by atoms with Crippen molar-refractivity contribution in [1.29, 1.82) is 0 Å². The van der Waals surface area contributed by atoms with Gasteiger partial charge in [-0.1, -0.05) is 6.07 Å². The predicted octanol–water partition coefficient (Wildman–Crippen LogP) is 1.69. The van der Waals surface area contributed by atoms with Gasteiger partial charge in [0.1, 0.15) is 12.8 Å². The van der Waals surface area contributed by atoms with E-state index in [-0.39, 0.29) is 11.9 Å². The van der Waals surface area contributed by atoms with Crippen LogP contribution in [0.2, 0.25) is 0 Å². The molecular weight excluding hydrogens is 221 g/mol. The molecule has 90 valence electrons. The first kappa shape index (κ1) is 10.7.